The highest BCUT2D eigenvalue weighted by Gasteiger charge is 2.35. The first-order valence-corrected chi connectivity index (χ1v) is 7.99. The lowest BCUT2D eigenvalue weighted by Gasteiger charge is -2.23. The lowest BCUT2D eigenvalue weighted by molar-refractivity contribution is -0.125. The summed E-state index contributed by atoms with van der Waals surface area (Å²) in [5, 5.41) is 0. The number of rotatable bonds is 3. The van der Waals surface area contributed by atoms with Gasteiger partial charge in [0.25, 0.3) is 17.7 Å². The van der Waals surface area contributed by atoms with Gasteiger partial charge in [0.15, 0.2) is 5.76 Å². The molecular formula is C17H19N3O5. The van der Waals surface area contributed by atoms with Crippen LogP contribution in [0.25, 0.3) is 0 Å². The molecule has 8 heteroatoms. The van der Waals surface area contributed by atoms with Gasteiger partial charge in [-0.25, -0.2) is 0 Å². The predicted octanol–water partition coefficient (Wildman–Crippen LogP) is 1.56. The molecular weight excluding hydrogens is 326 g/mol. The van der Waals surface area contributed by atoms with Crippen LogP contribution in [-0.2, 0) is 4.79 Å². The minimum atomic E-state index is -0.648. The Bertz CT molecular complexity index is 793. The zero-order valence-corrected chi connectivity index (χ0v) is 14.0. The standard InChI is InChI=1S/C17H19N3O5/c1-10-9-12(11(2)25-10)15(21)18-19-16(22)13-5-3-7-20(13)17(23)14-6-4-8-24-14/h4,6,8-9,13H,3,5,7H2,1-2H3,(H,18,21)(H,19,22). The summed E-state index contributed by atoms with van der Waals surface area (Å²) < 4.78 is 10.4. The van der Waals surface area contributed by atoms with Gasteiger partial charge in [-0.15, -0.1) is 0 Å². The topological polar surface area (TPSA) is 105 Å². The molecule has 0 aromatic carbocycles. The van der Waals surface area contributed by atoms with E-state index in [9.17, 15) is 14.4 Å². The fourth-order valence-electron chi connectivity index (χ4n) is 2.95. The van der Waals surface area contributed by atoms with Gasteiger partial charge in [-0.3, -0.25) is 25.2 Å². The summed E-state index contributed by atoms with van der Waals surface area (Å²) in [7, 11) is 0. The van der Waals surface area contributed by atoms with Gasteiger partial charge in [-0.1, -0.05) is 0 Å². The Morgan fingerprint density at radius 1 is 1.24 bits per heavy atom. The first kappa shape index (κ1) is 16.8. The molecule has 0 spiro atoms. The molecule has 0 radical (unpaired) electrons. The number of carbonyl (C=O) groups excluding carboxylic acids is 3. The summed E-state index contributed by atoms with van der Waals surface area (Å²) in [5.41, 5.74) is 5.10. The molecule has 1 aliphatic rings. The van der Waals surface area contributed by atoms with Crippen molar-refractivity contribution in [1.82, 2.24) is 15.8 Å². The number of amides is 3. The number of nitrogens with one attached hydrogen (secondary N) is 2. The van der Waals surface area contributed by atoms with E-state index in [1.165, 1.54) is 11.2 Å². The maximum Gasteiger partial charge on any atom is 0.290 e. The molecule has 2 N–H and O–H groups in total. The second-order valence-corrected chi connectivity index (χ2v) is 5.90. The molecule has 1 fully saturated rings. The van der Waals surface area contributed by atoms with Crippen LogP contribution in [0.4, 0.5) is 0 Å². The fourth-order valence-corrected chi connectivity index (χ4v) is 2.95. The number of aryl methyl sites for hydroxylation is 2. The summed E-state index contributed by atoms with van der Waals surface area (Å²) in [5.74, 6) is 0.0245. The van der Waals surface area contributed by atoms with Crippen molar-refractivity contribution in [2.45, 2.75) is 32.7 Å². The SMILES string of the molecule is Cc1cc(C(=O)NNC(=O)C2CCCN2C(=O)c2ccco2)c(C)o1. The summed E-state index contributed by atoms with van der Waals surface area (Å²) in [6.07, 6.45) is 2.64. The first-order chi connectivity index (χ1) is 12.0. The van der Waals surface area contributed by atoms with Crippen LogP contribution in [0.1, 0.15) is 45.3 Å². The van der Waals surface area contributed by atoms with Crippen molar-refractivity contribution >= 4 is 17.7 Å². The Morgan fingerprint density at radius 2 is 2.04 bits per heavy atom. The molecule has 25 heavy (non-hydrogen) atoms. The van der Waals surface area contributed by atoms with E-state index in [-0.39, 0.29) is 11.7 Å². The monoisotopic (exact) mass is 345 g/mol. The molecule has 3 amide bonds. The zero-order chi connectivity index (χ0) is 18.0. The van der Waals surface area contributed by atoms with Crippen LogP contribution in [0.5, 0.6) is 0 Å². The van der Waals surface area contributed by atoms with Crippen LogP contribution in [-0.4, -0.2) is 35.2 Å². The molecule has 132 valence electrons. The second-order valence-electron chi connectivity index (χ2n) is 5.90. The van der Waals surface area contributed by atoms with Gasteiger partial charge in [0.1, 0.15) is 17.6 Å². The molecule has 1 saturated heterocycles. The van der Waals surface area contributed by atoms with Gasteiger partial charge in [0.05, 0.1) is 11.8 Å². The minimum absolute atomic E-state index is 0.188. The fraction of sp³-hybridized carbons (Fsp3) is 0.353. The van der Waals surface area contributed by atoms with E-state index in [2.05, 4.69) is 10.9 Å². The molecule has 3 heterocycles. The van der Waals surface area contributed by atoms with Crippen LogP contribution >= 0.6 is 0 Å². The van der Waals surface area contributed by atoms with E-state index in [0.717, 1.165) is 0 Å². The smallest absolute Gasteiger partial charge is 0.290 e. The number of hydrogen-bond donors (Lipinski definition) is 2. The van der Waals surface area contributed by atoms with Gasteiger partial charge in [-0.2, -0.15) is 0 Å². The van der Waals surface area contributed by atoms with Crippen molar-refractivity contribution < 1.29 is 23.2 Å². The van der Waals surface area contributed by atoms with E-state index < -0.39 is 17.9 Å². The highest BCUT2D eigenvalue weighted by atomic mass is 16.3. The molecule has 8 nitrogen and oxygen atoms in total. The normalized spacial score (nSPS) is 16.7. The van der Waals surface area contributed by atoms with Crippen molar-refractivity contribution in [2.24, 2.45) is 0 Å². The lowest BCUT2D eigenvalue weighted by Crippen LogP contribution is -2.51. The Labute approximate surface area is 144 Å². The molecule has 0 bridgehead atoms. The van der Waals surface area contributed by atoms with E-state index in [0.29, 0.717) is 36.5 Å². The molecule has 0 saturated carbocycles. The number of nitrogens with zero attached hydrogens (tertiary/aromatic N) is 1. The highest BCUT2D eigenvalue weighted by molar-refractivity contribution is 5.98. The lowest BCUT2D eigenvalue weighted by atomic mass is 10.2. The maximum atomic E-state index is 12.4. The van der Waals surface area contributed by atoms with Gasteiger partial charge in [-0.05, 0) is 44.9 Å². The van der Waals surface area contributed by atoms with Crippen molar-refractivity contribution in [1.29, 1.82) is 0 Å². The Hall–Kier alpha value is -3.03. The van der Waals surface area contributed by atoms with Gasteiger partial charge in [0.2, 0.25) is 0 Å². The molecule has 2 aromatic heterocycles. The quantitative estimate of drug-likeness (QED) is 0.821. The number of hydrazine groups is 1. The third-order valence-corrected chi connectivity index (χ3v) is 4.13. The Kier molecular flexibility index (Phi) is 4.60. The molecule has 1 unspecified atom stereocenters. The Balaban J connectivity index is 1.61. The second kappa shape index (κ2) is 6.84. The summed E-state index contributed by atoms with van der Waals surface area (Å²) in [4.78, 5) is 38.3. The number of furan rings is 2. The molecule has 3 rings (SSSR count). The number of hydrogen-bond acceptors (Lipinski definition) is 5. The summed E-state index contributed by atoms with van der Waals surface area (Å²) in [6, 6.07) is 4.12. The first-order valence-electron chi connectivity index (χ1n) is 7.99. The van der Waals surface area contributed by atoms with Gasteiger partial charge >= 0.3 is 0 Å². The molecule has 0 aliphatic carbocycles. The van der Waals surface area contributed by atoms with Crippen LogP contribution in [0, 0.1) is 13.8 Å². The average Bonchev–Trinajstić information content (AvgIpc) is 3.32. The molecule has 1 aliphatic heterocycles. The van der Waals surface area contributed by atoms with Crippen LogP contribution in [0.3, 0.4) is 0 Å². The third kappa shape index (κ3) is 3.42. The van der Waals surface area contributed by atoms with E-state index in [1.54, 1.807) is 32.0 Å². The van der Waals surface area contributed by atoms with Gasteiger partial charge in [0, 0.05) is 6.54 Å². The average molecular weight is 345 g/mol. The number of carbonyl (C=O) groups is 3. The van der Waals surface area contributed by atoms with Crippen molar-refractivity contribution in [3.8, 4) is 0 Å². The predicted molar refractivity (Wildman–Crippen MR) is 86.6 cm³/mol. The van der Waals surface area contributed by atoms with E-state index >= 15 is 0 Å². The van der Waals surface area contributed by atoms with Crippen molar-refractivity contribution in [2.75, 3.05) is 6.54 Å². The van der Waals surface area contributed by atoms with Crippen molar-refractivity contribution in [3.05, 3.63) is 47.3 Å². The van der Waals surface area contributed by atoms with Crippen LogP contribution < -0.4 is 10.9 Å². The third-order valence-electron chi connectivity index (χ3n) is 4.13. The molecule has 2 aromatic rings. The highest BCUT2D eigenvalue weighted by Crippen LogP contribution is 2.20. The summed E-state index contributed by atoms with van der Waals surface area (Å²) in [6.45, 7) is 3.87. The number of likely N-dealkylation sites (tertiary alicyclic amines) is 1. The summed E-state index contributed by atoms with van der Waals surface area (Å²) >= 11 is 0. The van der Waals surface area contributed by atoms with Crippen LogP contribution in [0.2, 0.25) is 0 Å². The van der Waals surface area contributed by atoms with Gasteiger partial charge < -0.3 is 13.7 Å². The van der Waals surface area contributed by atoms with E-state index in [1.807, 2.05) is 0 Å². The minimum Gasteiger partial charge on any atom is -0.466 e. The van der Waals surface area contributed by atoms with Crippen LogP contribution in [0.15, 0.2) is 33.3 Å². The largest absolute Gasteiger partial charge is 0.466 e. The van der Waals surface area contributed by atoms with E-state index in [4.69, 9.17) is 8.83 Å². The van der Waals surface area contributed by atoms with Crippen molar-refractivity contribution in [3.63, 3.8) is 0 Å². The zero-order valence-electron chi connectivity index (χ0n) is 14.0. The molecule has 1 atom stereocenters. The maximum absolute atomic E-state index is 12.4. The Morgan fingerprint density at radius 3 is 2.68 bits per heavy atom.